The lowest BCUT2D eigenvalue weighted by Crippen LogP contribution is -2.13. The van der Waals surface area contributed by atoms with Gasteiger partial charge in [0, 0.05) is 16.7 Å². The van der Waals surface area contributed by atoms with Crippen LogP contribution in [0.4, 0.5) is 0 Å². The van der Waals surface area contributed by atoms with Gasteiger partial charge in [0.1, 0.15) is 11.3 Å². The highest BCUT2D eigenvalue weighted by Crippen LogP contribution is 2.38. The van der Waals surface area contributed by atoms with E-state index < -0.39 is 5.63 Å². The molecule has 0 fully saturated rings. The first kappa shape index (κ1) is 18.9. The molecule has 0 unspecified atom stereocenters. The Morgan fingerprint density at radius 3 is 2.28 bits per heavy atom. The van der Waals surface area contributed by atoms with Crippen molar-refractivity contribution in [3.63, 3.8) is 0 Å². The molecule has 29 heavy (non-hydrogen) atoms. The third-order valence-electron chi connectivity index (χ3n) is 5.00. The van der Waals surface area contributed by atoms with E-state index in [2.05, 4.69) is 26.8 Å². The lowest BCUT2D eigenvalue weighted by molar-refractivity contribution is 0.416. The minimum Gasteiger partial charge on any atom is -0.496 e. The highest BCUT2D eigenvalue weighted by Gasteiger charge is 2.21. The summed E-state index contributed by atoms with van der Waals surface area (Å²) in [7, 11) is 1.64. The van der Waals surface area contributed by atoms with Gasteiger partial charge in [-0.15, -0.1) is 0 Å². The van der Waals surface area contributed by atoms with Crippen molar-refractivity contribution in [3.05, 3.63) is 82.7 Å². The Balaban J connectivity index is 2.08. The normalized spacial score (nSPS) is 11.6. The van der Waals surface area contributed by atoms with E-state index >= 15 is 0 Å². The molecule has 0 atom stereocenters. The Morgan fingerprint density at radius 1 is 0.897 bits per heavy atom. The number of hydrogen-bond acceptors (Lipinski definition) is 4. The van der Waals surface area contributed by atoms with Crippen molar-refractivity contribution in [2.45, 2.75) is 26.2 Å². The van der Waals surface area contributed by atoms with Crippen molar-refractivity contribution < 1.29 is 9.15 Å². The number of methoxy groups -OCH3 is 1. The molecule has 1 heterocycles. The fourth-order valence-electron chi connectivity index (χ4n) is 3.39. The van der Waals surface area contributed by atoms with Gasteiger partial charge in [0.15, 0.2) is 11.3 Å². The first-order chi connectivity index (χ1) is 13.9. The second-order valence-corrected chi connectivity index (χ2v) is 8.04. The van der Waals surface area contributed by atoms with Crippen LogP contribution in [0.15, 0.2) is 75.9 Å². The van der Waals surface area contributed by atoms with Crippen LogP contribution in [-0.2, 0) is 5.41 Å². The fourth-order valence-corrected chi connectivity index (χ4v) is 3.39. The zero-order valence-corrected chi connectivity index (χ0v) is 17.0. The van der Waals surface area contributed by atoms with E-state index in [-0.39, 0.29) is 5.41 Å². The van der Waals surface area contributed by atoms with Crippen molar-refractivity contribution >= 4 is 11.1 Å². The number of rotatable bonds is 3. The first-order valence-corrected chi connectivity index (χ1v) is 9.56. The van der Waals surface area contributed by atoms with Crippen molar-refractivity contribution in [2.75, 3.05) is 7.11 Å². The summed E-state index contributed by atoms with van der Waals surface area (Å²) in [5, 5.41) is 0. The molecule has 0 radical (unpaired) electrons. The topological polar surface area (TPSA) is 52.3 Å². The van der Waals surface area contributed by atoms with Gasteiger partial charge in [-0.1, -0.05) is 69.3 Å². The number of ether oxygens (including phenoxy) is 1. The highest BCUT2D eigenvalue weighted by atomic mass is 16.5. The van der Waals surface area contributed by atoms with Crippen molar-refractivity contribution in [1.29, 1.82) is 0 Å². The summed E-state index contributed by atoms with van der Waals surface area (Å²) in [6, 6.07) is 21.2. The van der Waals surface area contributed by atoms with Crippen LogP contribution in [0.25, 0.3) is 33.5 Å². The SMILES string of the molecule is COc1ccccc1-c1cc(C(C)(C)C)cc2nc(-c3ccccc3)c(=O)oc12. The number of nitrogens with zero attached hydrogens (tertiary/aromatic N) is 1. The second kappa shape index (κ2) is 7.21. The molecule has 0 aliphatic heterocycles. The fraction of sp³-hybridized carbons (Fsp3) is 0.200. The zero-order valence-electron chi connectivity index (χ0n) is 17.0. The van der Waals surface area contributed by atoms with Gasteiger partial charge in [-0.05, 0) is 29.2 Å². The van der Waals surface area contributed by atoms with Gasteiger partial charge in [-0.2, -0.15) is 0 Å². The Kier molecular flexibility index (Phi) is 4.71. The third kappa shape index (κ3) is 3.54. The largest absolute Gasteiger partial charge is 0.496 e. The standard InChI is InChI=1S/C25H23NO3/c1-25(2,3)17-14-19(18-12-8-9-13-21(18)28-4)23-20(15-17)26-22(24(27)29-23)16-10-6-5-7-11-16/h5-15H,1-4H3. The van der Waals surface area contributed by atoms with Crippen LogP contribution in [0.5, 0.6) is 5.75 Å². The second-order valence-electron chi connectivity index (χ2n) is 8.04. The maximum Gasteiger partial charge on any atom is 0.363 e. The molecule has 1 aromatic heterocycles. The van der Waals surface area contributed by atoms with E-state index in [1.807, 2.05) is 60.7 Å². The molecule has 146 valence electrons. The molecule has 0 N–H and O–H groups in total. The van der Waals surface area contributed by atoms with Crippen LogP contribution >= 0.6 is 0 Å². The van der Waals surface area contributed by atoms with Crippen molar-refractivity contribution in [3.8, 4) is 28.1 Å². The quantitative estimate of drug-likeness (QED) is 0.445. The monoisotopic (exact) mass is 385 g/mol. The van der Waals surface area contributed by atoms with Crippen LogP contribution in [0.2, 0.25) is 0 Å². The predicted octanol–water partition coefficient (Wildman–Crippen LogP) is 5.83. The lowest BCUT2D eigenvalue weighted by Gasteiger charge is -2.21. The molecular formula is C25H23NO3. The van der Waals surface area contributed by atoms with Gasteiger partial charge in [-0.25, -0.2) is 9.78 Å². The van der Waals surface area contributed by atoms with Crippen LogP contribution in [0, 0.1) is 0 Å². The number of fused-ring (bicyclic) bond motifs is 1. The molecule has 0 aliphatic rings. The number of hydrogen-bond donors (Lipinski definition) is 0. The average Bonchev–Trinajstić information content (AvgIpc) is 2.72. The number of para-hydroxylation sites is 1. The van der Waals surface area contributed by atoms with E-state index in [0.717, 1.165) is 28.0 Å². The maximum atomic E-state index is 12.8. The molecular weight excluding hydrogens is 362 g/mol. The van der Waals surface area contributed by atoms with Crippen molar-refractivity contribution in [1.82, 2.24) is 4.98 Å². The molecule has 4 heteroatoms. The molecule has 0 spiro atoms. The summed E-state index contributed by atoms with van der Waals surface area (Å²) >= 11 is 0. The van der Waals surface area contributed by atoms with Crippen LogP contribution in [0.3, 0.4) is 0 Å². The smallest absolute Gasteiger partial charge is 0.363 e. The number of aromatic nitrogens is 1. The zero-order chi connectivity index (χ0) is 20.6. The van der Waals surface area contributed by atoms with E-state index in [1.54, 1.807) is 7.11 Å². The summed E-state index contributed by atoms with van der Waals surface area (Å²) < 4.78 is 11.4. The molecule has 4 aromatic rings. The van der Waals surface area contributed by atoms with E-state index in [9.17, 15) is 4.79 Å². The maximum absolute atomic E-state index is 12.8. The van der Waals surface area contributed by atoms with Gasteiger partial charge in [0.05, 0.1) is 7.11 Å². The molecule has 4 nitrogen and oxygen atoms in total. The van der Waals surface area contributed by atoms with E-state index in [1.165, 1.54) is 0 Å². The summed E-state index contributed by atoms with van der Waals surface area (Å²) in [5.41, 5.74) is 4.38. The summed E-state index contributed by atoms with van der Waals surface area (Å²) in [5.74, 6) is 0.717. The van der Waals surface area contributed by atoms with Crippen LogP contribution < -0.4 is 10.4 Å². The van der Waals surface area contributed by atoms with Gasteiger partial charge in [-0.3, -0.25) is 0 Å². The van der Waals surface area contributed by atoms with Gasteiger partial charge >= 0.3 is 5.63 Å². The Bertz CT molecular complexity index is 1230. The average molecular weight is 385 g/mol. The Labute approximate surface area is 169 Å². The molecule has 3 aromatic carbocycles. The van der Waals surface area contributed by atoms with Crippen LogP contribution in [-0.4, -0.2) is 12.1 Å². The van der Waals surface area contributed by atoms with E-state index in [4.69, 9.17) is 14.1 Å². The first-order valence-electron chi connectivity index (χ1n) is 9.56. The Morgan fingerprint density at radius 2 is 1.59 bits per heavy atom. The molecule has 0 aliphatic carbocycles. The predicted molar refractivity (Wildman–Crippen MR) is 116 cm³/mol. The molecule has 0 saturated carbocycles. The molecule has 0 saturated heterocycles. The lowest BCUT2D eigenvalue weighted by atomic mass is 9.85. The summed E-state index contributed by atoms with van der Waals surface area (Å²) in [6.45, 7) is 6.45. The minimum absolute atomic E-state index is 0.102. The van der Waals surface area contributed by atoms with Crippen LogP contribution in [0.1, 0.15) is 26.3 Å². The molecule has 0 amide bonds. The summed E-state index contributed by atoms with van der Waals surface area (Å²) in [4.78, 5) is 17.5. The Hall–Kier alpha value is -3.40. The van der Waals surface area contributed by atoms with Crippen molar-refractivity contribution in [2.24, 2.45) is 0 Å². The number of benzene rings is 3. The minimum atomic E-state index is -0.455. The highest BCUT2D eigenvalue weighted by molar-refractivity contribution is 5.93. The van der Waals surface area contributed by atoms with Gasteiger partial charge in [0.25, 0.3) is 0 Å². The van der Waals surface area contributed by atoms with Gasteiger partial charge in [0.2, 0.25) is 0 Å². The van der Waals surface area contributed by atoms with E-state index in [0.29, 0.717) is 16.8 Å². The summed E-state index contributed by atoms with van der Waals surface area (Å²) in [6.07, 6.45) is 0. The molecule has 4 rings (SSSR count). The van der Waals surface area contributed by atoms with Gasteiger partial charge < -0.3 is 9.15 Å². The molecule has 0 bridgehead atoms. The third-order valence-corrected chi connectivity index (χ3v) is 5.00.